The van der Waals surface area contributed by atoms with Gasteiger partial charge in [0.05, 0.1) is 7.11 Å². The quantitative estimate of drug-likeness (QED) is 0.870. The lowest BCUT2D eigenvalue weighted by atomic mass is 10.0. The Balaban J connectivity index is 2.13. The third-order valence-corrected chi connectivity index (χ3v) is 3.73. The van der Waals surface area contributed by atoms with Gasteiger partial charge in [-0.25, -0.2) is 4.39 Å². The maximum absolute atomic E-state index is 13.0. The van der Waals surface area contributed by atoms with Crippen LogP contribution in [0, 0.1) is 12.7 Å². The Kier molecular flexibility index (Phi) is 4.97. The Morgan fingerprint density at radius 3 is 2.29 bits per heavy atom. The van der Waals surface area contributed by atoms with E-state index in [2.05, 4.69) is 31.3 Å². The van der Waals surface area contributed by atoms with E-state index in [4.69, 9.17) is 4.74 Å². The predicted octanol–water partition coefficient (Wildman–Crippen LogP) is 4.55. The van der Waals surface area contributed by atoms with Crippen molar-refractivity contribution in [2.45, 2.75) is 32.9 Å². The highest BCUT2D eigenvalue weighted by Crippen LogP contribution is 2.28. The number of rotatable bonds is 5. The Bertz CT molecular complexity index is 595. The number of methoxy groups -OCH3 is 1. The van der Waals surface area contributed by atoms with Gasteiger partial charge in [0.2, 0.25) is 0 Å². The molecule has 0 bridgehead atoms. The number of ether oxygens (including phenoxy) is 1. The zero-order valence-corrected chi connectivity index (χ0v) is 13.0. The van der Waals surface area contributed by atoms with E-state index in [1.54, 1.807) is 7.11 Å². The lowest BCUT2D eigenvalue weighted by molar-refractivity contribution is 0.396. The molecule has 0 saturated heterocycles. The maximum atomic E-state index is 13.0. The van der Waals surface area contributed by atoms with Gasteiger partial charge in [0.1, 0.15) is 11.6 Å². The van der Waals surface area contributed by atoms with Gasteiger partial charge in [-0.1, -0.05) is 24.3 Å². The molecule has 0 aliphatic heterocycles. The van der Waals surface area contributed by atoms with Crippen LogP contribution in [0.4, 0.5) is 4.39 Å². The minimum atomic E-state index is -0.209. The van der Waals surface area contributed by atoms with Crippen LogP contribution in [0.1, 0.15) is 42.6 Å². The van der Waals surface area contributed by atoms with Gasteiger partial charge in [-0.3, -0.25) is 0 Å². The van der Waals surface area contributed by atoms with Crippen molar-refractivity contribution in [3.05, 3.63) is 65.0 Å². The van der Waals surface area contributed by atoms with Gasteiger partial charge in [0.15, 0.2) is 0 Å². The summed E-state index contributed by atoms with van der Waals surface area (Å²) in [6.07, 6.45) is 0. The van der Waals surface area contributed by atoms with E-state index in [9.17, 15) is 4.39 Å². The van der Waals surface area contributed by atoms with Crippen LogP contribution in [0.25, 0.3) is 0 Å². The van der Waals surface area contributed by atoms with Crippen molar-refractivity contribution in [2.24, 2.45) is 0 Å². The van der Waals surface area contributed by atoms with Crippen molar-refractivity contribution in [1.82, 2.24) is 5.32 Å². The largest absolute Gasteiger partial charge is 0.496 e. The van der Waals surface area contributed by atoms with E-state index in [0.717, 1.165) is 16.9 Å². The molecule has 0 aliphatic rings. The molecule has 112 valence electrons. The van der Waals surface area contributed by atoms with Crippen molar-refractivity contribution in [3.63, 3.8) is 0 Å². The first-order valence-corrected chi connectivity index (χ1v) is 7.17. The van der Waals surface area contributed by atoms with Crippen LogP contribution in [-0.2, 0) is 0 Å². The van der Waals surface area contributed by atoms with Gasteiger partial charge in [0.25, 0.3) is 0 Å². The second-order valence-electron chi connectivity index (χ2n) is 5.41. The van der Waals surface area contributed by atoms with Gasteiger partial charge in [0, 0.05) is 17.6 Å². The van der Waals surface area contributed by atoms with Crippen molar-refractivity contribution in [1.29, 1.82) is 0 Å². The average Bonchev–Trinajstić information content (AvgIpc) is 2.47. The van der Waals surface area contributed by atoms with Gasteiger partial charge in [-0.2, -0.15) is 0 Å². The molecule has 2 atom stereocenters. The summed E-state index contributed by atoms with van der Waals surface area (Å²) in [4.78, 5) is 0. The van der Waals surface area contributed by atoms with E-state index in [0.29, 0.717) is 0 Å². The molecule has 0 spiro atoms. The van der Waals surface area contributed by atoms with Gasteiger partial charge in [-0.15, -0.1) is 0 Å². The minimum absolute atomic E-state index is 0.131. The molecule has 0 amide bonds. The lowest BCUT2D eigenvalue weighted by Gasteiger charge is -2.22. The number of hydrogen-bond donors (Lipinski definition) is 1. The molecular weight excluding hydrogens is 265 g/mol. The van der Waals surface area contributed by atoms with Crippen molar-refractivity contribution in [2.75, 3.05) is 7.11 Å². The van der Waals surface area contributed by atoms with Gasteiger partial charge in [-0.05, 0) is 50.1 Å². The zero-order chi connectivity index (χ0) is 15.4. The highest BCUT2D eigenvalue weighted by molar-refractivity contribution is 5.39. The summed E-state index contributed by atoms with van der Waals surface area (Å²) in [5.41, 5.74) is 3.36. The first-order chi connectivity index (χ1) is 10.0. The molecule has 3 heteroatoms. The van der Waals surface area contributed by atoms with Crippen molar-refractivity contribution < 1.29 is 9.13 Å². The number of hydrogen-bond acceptors (Lipinski definition) is 2. The molecule has 0 saturated carbocycles. The van der Waals surface area contributed by atoms with Crippen molar-refractivity contribution in [3.8, 4) is 5.75 Å². The maximum Gasteiger partial charge on any atom is 0.123 e. The van der Waals surface area contributed by atoms with E-state index in [1.807, 2.05) is 25.1 Å². The number of aryl methyl sites for hydroxylation is 1. The Morgan fingerprint density at radius 2 is 1.67 bits per heavy atom. The highest BCUT2D eigenvalue weighted by Gasteiger charge is 2.15. The summed E-state index contributed by atoms with van der Waals surface area (Å²) in [5, 5.41) is 3.52. The smallest absolute Gasteiger partial charge is 0.123 e. The predicted molar refractivity (Wildman–Crippen MR) is 84.1 cm³/mol. The molecular formula is C18H22FNO. The van der Waals surface area contributed by atoms with Crippen LogP contribution < -0.4 is 10.1 Å². The van der Waals surface area contributed by atoms with Gasteiger partial charge >= 0.3 is 0 Å². The third kappa shape index (κ3) is 3.82. The molecule has 0 aliphatic carbocycles. The standard InChI is InChI=1S/C18H22FNO/c1-12-5-10-17(18(11-12)21-4)14(3)20-13(2)15-6-8-16(19)9-7-15/h5-11,13-14,20H,1-4H3. The van der Waals surface area contributed by atoms with Crippen LogP contribution >= 0.6 is 0 Å². The SMILES string of the molecule is COc1cc(C)ccc1C(C)NC(C)c1ccc(F)cc1. The van der Waals surface area contributed by atoms with Crippen LogP contribution in [-0.4, -0.2) is 7.11 Å². The fourth-order valence-corrected chi connectivity index (χ4v) is 2.49. The number of halogens is 1. The topological polar surface area (TPSA) is 21.3 Å². The Morgan fingerprint density at radius 1 is 1.00 bits per heavy atom. The first kappa shape index (κ1) is 15.5. The number of benzene rings is 2. The molecule has 1 N–H and O–H groups in total. The zero-order valence-electron chi connectivity index (χ0n) is 13.0. The fraction of sp³-hybridized carbons (Fsp3) is 0.333. The summed E-state index contributed by atoms with van der Waals surface area (Å²) < 4.78 is 18.4. The third-order valence-electron chi connectivity index (χ3n) is 3.73. The summed E-state index contributed by atoms with van der Waals surface area (Å²) >= 11 is 0. The molecule has 2 unspecified atom stereocenters. The summed E-state index contributed by atoms with van der Waals surface area (Å²) in [5.74, 6) is 0.681. The highest BCUT2D eigenvalue weighted by atomic mass is 19.1. The molecule has 0 heterocycles. The summed E-state index contributed by atoms with van der Waals surface area (Å²) in [7, 11) is 1.69. The molecule has 2 rings (SSSR count). The fourth-order valence-electron chi connectivity index (χ4n) is 2.49. The lowest BCUT2D eigenvalue weighted by Crippen LogP contribution is -2.23. The first-order valence-electron chi connectivity index (χ1n) is 7.17. The van der Waals surface area contributed by atoms with Crippen LogP contribution in [0.3, 0.4) is 0 Å². The van der Waals surface area contributed by atoms with Gasteiger partial charge < -0.3 is 10.1 Å². The second kappa shape index (κ2) is 6.72. The average molecular weight is 287 g/mol. The van der Waals surface area contributed by atoms with Crippen LogP contribution in [0.2, 0.25) is 0 Å². The molecule has 0 aromatic heterocycles. The monoisotopic (exact) mass is 287 g/mol. The molecule has 2 aromatic rings. The van der Waals surface area contributed by atoms with E-state index in [1.165, 1.54) is 17.7 Å². The normalized spacial score (nSPS) is 13.8. The molecule has 0 fully saturated rings. The van der Waals surface area contributed by atoms with E-state index < -0.39 is 0 Å². The van der Waals surface area contributed by atoms with E-state index in [-0.39, 0.29) is 17.9 Å². The molecule has 2 nitrogen and oxygen atoms in total. The summed E-state index contributed by atoms with van der Waals surface area (Å²) in [6, 6.07) is 13.1. The number of nitrogens with one attached hydrogen (secondary N) is 1. The minimum Gasteiger partial charge on any atom is -0.496 e. The summed E-state index contributed by atoms with van der Waals surface area (Å²) in [6.45, 7) is 6.23. The van der Waals surface area contributed by atoms with Crippen LogP contribution in [0.5, 0.6) is 5.75 Å². The Labute approximate surface area is 126 Å². The molecule has 2 aromatic carbocycles. The van der Waals surface area contributed by atoms with Crippen molar-refractivity contribution >= 4 is 0 Å². The Hall–Kier alpha value is -1.87. The van der Waals surface area contributed by atoms with Crippen LogP contribution in [0.15, 0.2) is 42.5 Å². The molecule has 21 heavy (non-hydrogen) atoms. The van der Waals surface area contributed by atoms with E-state index >= 15 is 0 Å². The molecule has 0 radical (unpaired) electrons. The second-order valence-corrected chi connectivity index (χ2v) is 5.41.